The van der Waals surface area contributed by atoms with Crippen molar-refractivity contribution in [3.8, 4) is 0 Å². The third kappa shape index (κ3) is 2.44. The summed E-state index contributed by atoms with van der Waals surface area (Å²) in [7, 11) is -9.36. The quantitative estimate of drug-likeness (QED) is 0.197. The first kappa shape index (κ1) is 17.5. The van der Waals surface area contributed by atoms with Crippen LogP contribution in [0.2, 0.25) is 0 Å². The fourth-order valence-corrected chi connectivity index (χ4v) is 5.57. The Morgan fingerprint density at radius 3 is 1.57 bits per heavy atom. The minimum Gasteiger partial charge on any atom is -0.324 e. The third-order valence-electron chi connectivity index (χ3n) is 5.06. The lowest BCUT2D eigenvalue weighted by Crippen LogP contribution is -2.80. The van der Waals surface area contributed by atoms with Crippen molar-refractivity contribution >= 4 is 15.2 Å². The summed E-state index contributed by atoms with van der Waals surface area (Å²) in [6.07, 6.45) is 1.23. The summed E-state index contributed by atoms with van der Waals surface area (Å²) in [5.74, 6) is 0. The van der Waals surface area contributed by atoms with Crippen LogP contribution in [0, 0.1) is 10.8 Å². The van der Waals surface area contributed by atoms with Crippen molar-refractivity contribution in [2.45, 2.75) is 36.8 Å². The van der Waals surface area contributed by atoms with Gasteiger partial charge in [0.2, 0.25) is 0 Å². The summed E-state index contributed by atoms with van der Waals surface area (Å²) in [5, 5.41) is -2.68. The zero-order chi connectivity index (χ0) is 16.5. The Kier molecular flexibility index (Phi) is 3.63. The Labute approximate surface area is 121 Å². The molecule has 21 heavy (non-hydrogen) atoms. The molecular weight excluding hydrogens is 322 g/mol. The highest BCUT2D eigenvalue weighted by Gasteiger charge is 2.78. The number of hydrogen-bond donors (Lipinski definition) is 8. The van der Waals surface area contributed by atoms with E-state index in [0.29, 0.717) is 25.7 Å². The average molecular weight is 344 g/mol. The fraction of sp³-hybridized carbons (Fsp3) is 1.00. The molecule has 2 rings (SSSR count). The van der Waals surface area contributed by atoms with Crippen LogP contribution in [0.4, 0.5) is 0 Å². The molecule has 0 radical (unpaired) electrons. The van der Waals surface area contributed by atoms with Crippen LogP contribution in [0.5, 0.6) is 0 Å². The van der Waals surface area contributed by atoms with Gasteiger partial charge in [-0.25, -0.2) is 0 Å². The lowest BCUT2D eigenvalue weighted by molar-refractivity contribution is 0.0962. The van der Waals surface area contributed by atoms with Gasteiger partial charge in [0, 0.05) is 5.41 Å². The Balaban J connectivity index is 2.41. The fourth-order valence-electron chi connectivity index (χ4n) is 3.47. The molecule has 12 heteroatoms. The van der Waals surface area contributed by atoms with E-state index in [0.717, 1.165) is 0 Å². The van der Waals surface area contributed by atoms with E-state index in [4.69, 9.17) is 22.9 Å². The van der Waals surface area contributed by atoms with Gasteiger partial charge in [-0.2, -0.15) is 0 Å². The summed E-state index contributed by atoms with van der Waals surface area (Å²) >= 11 is 0. The van der Waals surface area contributed by atoms with E-state index in [1.54, 1.807) is 0 Å². The molecule has 0 heterocycles. The molecule has 0 bridgehead atoms. The summed E-state index contributed by atoms with van der Waals surface area (Å²) in [5.41, 5.74) is 18.9. The normalized spacial score (nSPS) is 24.8. The molecule has 0 unspecified atom stereocenters. The molecule has 0 atom stereocenters. The molecule has 10 nitrogen and oxygen atoms in total. The van der Waals surface area contributed by atoms with Gasteiger partial charge in [-0.3, -0.25) is 9.13 Å². The molecule has 124 valence electrons. The molecule has 2 aliphatic carbocycles. The monoisotopic (exact) mass is 344 g/mol. The number of nitrogens with two attached hydrogens (primary N) is 4. The minimum absolute atomic E-state index is 0.371. The van der Waals surface area contributed by atoms with Crippen LogP contribution in [0.1, 0.15) is 25.7 Å². The second-order valence-electron chi connectivity index (χ2n) is 6.42. The average Bonchev–Trinajstić information content (AvgIpc) is 3.05. The Morgan fingerprint density at radius 1 is 0.905 bits per heavy atom. The maximum absolute atomic E-state index is 11.5. The molecular formula is C9H22N4O6P2. The Morgan fingerprint density at radius 2 is 1.33 bits per heavy atom. The predicted octanol–water partition coefficient (Wildman–Crippen LogP) is -1.91. The largest absolute Gasteiger partial charge is 0.362 e. The van der Waals surface area contributed by atoms with Crippen molar-refractivity contribution in [1.29, 1.82) is 0 Å². The van der Waals surface area contributed by atoms with Gasteiger partial charge < -0.3 is 42.5 Å². The molecule has 0 aromatic carbocycles. The molecule has 12 N–H and O–H groups in total. The van der Waals surface area contributed by atoms with Crippen LogP contribution < -0.4 is 22.9 Å². The van der Waals surface area contributed by atoms with Crippen LogP contribution in [0.25, 0.3) is 0 Å². The molecule has 0 spiro atoms. The first-order valence-corrected chi connectivity index (χ1v) is 9.79. The maximum atomic E-state index is 11.5. The second-order valence-corrected chi connectivity index (χ2v) is 9.90. The molecule has 0 aliphatic heterocycles. The van der Waals surface area contributed by atoms with Crippen molar-refractivity contribution < 1.29 is 28.7 Å². The summed E-state index contributed by atoms with van der Waals surface area (Å²) in [6.45, 7) is 0. The van der Waals surface area contributed by atoms with Crippen LogP contribution in [-0.4, -0.2) is 36.8 Å². The van der Waals surface area contributed by atoms with Crippen molar-refractivity contribution in [3.63, 3.8) is 0 Å². The van der Waals surface area contributed by atoms with Crippen molar-refractivity contribution in [1.82, 2.24) is 0 Å². The predicted molar refractivity (Wildman–Crippen MR) is 74.5 cm³/mol. The smallest absolute Gasteiger partial charge is 0.324 e. The highest BCUT2D eigenvalue weighted by Crippen LogP contribution is 2.77. The highest BCUT2D eigenvalue weighted by molar-refractivity contribution is 7.53. The molecule has 2 fully saturated rings. The standard InChI is InChI=1S/C9H22N4O6P2/c10-8(11,9(12,13)21(17,18)19)7(3-4-7)6(1-2-6)5-20(14,15)16/h1-5,10-13H2,(H2,14,15,16)(H2,17,18,19). The zero-order valence-corrected chi connectivity index (χ0v) is 13.1. The van der Waals surface area contributed by atoms with E-state index in [1.807, 2.05) is 0 Å². The molecule has 2 aliphatic rings. The summed E-state index contributed by atoms with van der Waals surface area (Å²) in [4.78, 5) is 37.1. The Hall–Kier alpha value is 0.140. The first-order valence-electron chi connectivity index (χ1n) is 6.38. The minimum atomic E-state index is -5.03. The van der Waals surface area contributed by atoms with E-state index >= 15 is 0 Å². The van der Waals surface area contributed by atoms with Gasteiger partial charge in [-0.05, 0) is 31.1 Å². The van der Waals surface area contributed by atoms with Crippen molar-refractivity contribution in [2.75, 3.05) is 6.16 Å². The molecule has 0 amide bonds. The van der Waals surface area contributed by atoms with Crippen molar-refractivity contribution in [3.05, 3.63) is 0 Å². The lowest BCUT2D eigenvalue weighted by Gasteiger charge is -2.49. The summed E-state index contributed by atoms with van der Waals surface area (Å²) < 4.78 is 22.9. The van der Waals surface area contributed by atoms with Gasteiger partial charge in [0.25, 0.3) is 0 Å². The van der Waals surface area contributed by atoms with Crippen LogP contribution >= 0.6 is 15.2 Å². The highest BCUT2D eigenvalue weighted by atomic mass is 31.2. The SMILES string of the molecule is NC(N)(C1(C2(CP(=O)(O)O)CC2)CC1)C(N)(N)P(=O)(O)O. The van der Waals surface area contributed by atoms with Gasteiger partial charge in [-0.1, -0.05) is 0 Å². The zero-order valence-electron chi connectivity index (χ0n) is 11.3. The van der Waals surface area contributed by atoms with Gasteiger partial charge in [0.1, 0.15) is 5.66 Å². The van der Waals surface area contributed by atoms with Gasteiger partial charge in [0.15, 0.2) is 5.40 Å². The number of rotatable bonds is 6. The van der Waals surface area contributed by atoms with Gasteiger partial charge in [-0.15, -0.1) is 0 Å². The van der Waals surface area contributed by atoms with E-state index in [9.17, 15) is 28.7 Å². The topological polar surface area (TPSA) is 219 Å². The second kappa shape index (κ2) is 4.36. The van der Waals surface area contributed by atoms with E-state index in [1.165, 1.54) is 0 Å². The molecule has 2 saturated carbocycles. The van der Waals surface area contributed by atoms with E-state index in [-0.39, 0.29) is 0 Å². The van der Waals surface area contributed by atoms with Gasteiger partial charge in [0.05, 0.1) is 6.16 Å². The Bertz CT molecular complexity index is 544. The molecule has 0 saturated heterocycles. The first-order chi connectivity index (χ1) is 9.12. The van der Waals surface area contributed by atoms with Crippen molar-refractivity contribution in [2.24, 2.45) is 33.8 Å². The maximum Gasteiger partial charge on any atom is 0.362 e. The van der Waals surface area contributed by atoms with E-state index < -0.39 is 43.3 Å². The lowest BCUT2D eigenvalue weighted by atomic mass is 9.75. The summed E-state index contributed by atoms with van der Waals surface area (Å²) in [6, 6.07) is 0. The van der Waals surface area contributed by atoms with Crippen LogP contribution in [-0.2, 0) is 9.13 Å². The third-order valence-corrected chi connectivity index (χ3v) is 7.42. The van der Waals surface area contributed by atoms with E-state index in [2.05, 4.69) is 0 Å². The number of hydrogen-bond acceptors (Lipinski definition) is 6. The van der Waals surface area contributed by atoms with Crippen LogP contribution in [0.3, 0.4) is 0 Å². The van der Waals surface area contributed by atoms with Gasteiger partial charge >= 0.3 is 15.2 Å². The van der Waals surface area contributed by atoms with Crippen LogP contribution in [0.15, 0.2) is 0 Å². The molecule has 0 aromatic rings. The molecule has 0 aromatic heterocycles.